The SMILES string of the molecule is NCC(N)(Cc1ccccc1)c1nnc(-c2ccc3cnccc3c2)s1. The number of pyridine rings is 1. The molecule has 0 bridgehead atoms. The highest BCUT2D eigenvalue weighted by atomic mass is 32.1. The molecule has 6 heteroatoms. The van der Waals surface area contributed by atoms with E-state index in [1.54, 1.807) is 6.20 Å². The minimum Gasteiger partial charge on any atom is -0.328 e. The van der Waals surface area contributed by atoms with Crippen LogP contribution >= 0.6 is 11.3 Å². The van der Waals surface area contributed by atoms with Crippen molar-refractivity contribution in [3.8, 4) is 10.6 Å². The fraction of sp³-hybridized carbons (Fsp3) is 0.150. The van der Waals surface area contributed by atoms with E-state index in [0.29, 0.717) is 13.0 Å². The fourth-order valence-electron chi connectivity index (χ4n) is 2.95. The van der Waals surface area contributed by atoms with Crippen LogP contribution in [0.25, 0.3) is 21.3 Å². The van der Waals surface area contributed by atoms with Crippen molar-refractivity contribution >= 4 is 22.1 Å². The minimum absolute atomic E-state index is 0.305. The number of nitrogens with zero attached hydrogens (tertiary/aromatic N) is 3. The fourth-order valence-corrected chi connectivity index (χ4v) is 3.90. The van der Waals surface area contributed by atoms with E-state index in [4.69, 9.17) is 11.5 Å². The molecule has 0 fully saturated rings. The van der Waals surface area contributed by atoms with Crippen molar-refractivity contribution in [3.63, 3.8) is 0 Å². The van der Waals surface area contributed by atoms with E-state index in [1.165, 1.54) is 11.3 Å². The third kappa shape index (κ3) is 3.22. The number of aromatic nitrogens is 3. The summed E-state index contributed by atoms with van der Waals surface area (Å²) >= 11 is 1.50. The van der Waals surface area contributed by atoms with Gasteiger partial charge < -0.3 is 11.5 Å². The van der Waals surface area contributed by atoms with Crippen molar-refractivity contribution in [2.45, 2.75) is 12.0 Å². The first-order valence-corrected chi connectivity index (χ1v) is 9.21. The Labute approximate surface area is 155 Å². The number of rotatable bonds is 5. The number of hydrogen-bond acceptors (Lipinski definition) is 6. The van der Waals surface area contributed by atoms with Crippen molar-refractivity contribution in [1.29, 1.82) is 0 Å². The summed E-state index contributed by atoms with van der Waals surface area (Å²) in [6.45, 7) is 0.305. The zero-order valence-corrected chi connectivity index (χ0v) is 15.0. The van der Waals surface area contributed by atoms with Crippen LogP contribution in [0.2, 0.25) is 0 Å². The Morgan fingerprint density at radius 2 is 1.81 bits per heavy atom. The highest BCUT2D eigenvalue weighted by molar-refractivity contribution is 7.14. The number of benzene rings is 2. The third-order valence-electron chi connectivity index (χ3n) is 4.47. The summed E-state index contributed by atoms with van der Waals surface area (Å²) in [6.07, 6.45) is 4.27. The summed E-state index contributed by atoms with van der Waals surface area (Å²) in [5.41, 5.74) is 14.1. The van der Waals surface area contributed by atoms with Gasteiger partial charge in [0.25, 0.3) is 0 Å². The average molecular weight is 361 g/mol. The molecule has 0 spiro atoms. The first-order valence-electron chi connectivity index (χ1n) is 8.39. The molecule has 130 valence electrons. The molecule has 1 atom stereocenters. The maximum absolute atomic E-state index is 6.61. The predicted molar refractivity (Wildman–Crippen MR) is 106 cm³/mol. The molecule has 4 aromatic rings. The average Bonchev–Trinajstić information content (AvgIpc) is 3.19. The molecule has 2 aromatic heterocycles. The molecular formula is C20H19N5S. The lowest BCUT2D eigenvalue weighted by atomic mass is 9.92. The van der Waals surface area contributed by atoms with E-state index in [0.717, 1.165) is 31.9 Å². The van der Waals surface area contributed by atoms with Crippen LogP contribution in [0.1, 0.15) is 10.6 Å². The van der Waals surface area contributed by atoms with Gasteiger partial charge in [-0.15, -0.1) is 10.2 Å². The Morgan fingerprint density at radius 1 is 0.962 bits per heavy atom. The summed E-state index contributed by atoms with van der Waals surface area (Å²) in [6, 6.07) is 18.3. The third-order valence-corrected chi connectivity index (χ3v) is 5.66. The van der Waals surface area contributed by atoms with Crippen molar-refractivity contribution < 1.29 is 0 Å². The molecular weight excluding hydrogens is 342 g/mol. The number of nitrogens with two attached hydrogens (primary N) is 2. The lowest BCUT2D eigenvalue weighted by molar-refractivity contribution is 0.447. The largest absolute Gasteiger partial charge is 0.328 e. The maximum atomic E-state index is 6.61. The molecule has 0 amide bonds. The van der Waals surface area contributed by atoms with Gasteiger partial charge in [-0.25, -0.2) is 0 Å². The van der Waals surface area contributed by atoms with Gasteiger partial charge >= 0.3 is 0 Å². The van der Waals surface area contributed by atoms with Crippen LogP contribution in [0.5, 0.6) is 0 Å². The Hall–Kier alpha value is -2.67. The Bertz CT molecular complexity index is 1030. The minimum atomic E-state index is -0.724. The van der Waals surface area contributed by atoms with E-state index >= 15 is 0 Å². The van der Waals surface area contributed by atoms with Gasteiger partial charge in [-0.3, -0.25) is 4.98 Å². The molecule has 2 heterocycles. The standard InChI is InChI=1S/C20H19N5S/c21-13-20(22,11-14-4-2-1-3-5-14)19-25-24-18(26-19)16-6-7-17-12-23-9-8-15(17)10-16/h1-10,12H,11,13,21-22H2. The molecule has 0 saturated carbocycles. The first-order chi connectivity index (χ1) is 12.7. The maximum Gasteiger partial charge on any atom is 0.147 e. The van der Waals surface area contributed by atoms with Crippen molar-refractivity contribution in [2.24, 2.45) is 11.5 Å². The van der Waals surface area contributed by atoms with Gasteiger partial charge in [-0.1, -0.05) is 53.8 Å². The normalized spacial score (nSPS) is 13.6. The van der Waals surface area contributed by atoms with Gasteiger partial charge in [0.05, 0.1) is 5.54 Å². The Kier molecular flexibility index (Phi) is 4.46. The molecule has 0 radical (unpaired) electrons. The molecule has 4 N–H and O–H groups in total. The van der Waals surface area contributed by atoms with Gasteiger partial charge in [-0.05, 0) is 29.5 Å². The monoisotopic (exact) mass is 361 g/mol. The summed E-state index contributed by atoms with van der Waals surface area (Å²) in [5.74, 6) is 0. The van der Waals surface area contributed by atoms with Crippen LogP contribution < -0.4 is 11.5 Å². The summed E-state index contributed by atoms with van der Waals surface area (Å²) < 4.78 is 0. The molecule has 0 aliphatic heterocycles. The van der Waals surface area contributed by atoms with Gasteiger partial charge in [0.2, 0.25) is 0 Å². The highest BCUT2D eigenvalue weighted by Gasteiger charge is 2.30. The molecule has 1 unspecified atom stereocenters. The zero-order chi connectivity index (χ0) is 18.0. The topological polar surface area (TPSA) is 90.7 Å². The Morgan fingerprint density at radius 3 is 2.62 bits per heavy atom. The van der Waals surface area contributed by atoms with Gasteiger partial charge in [-0.2, -0.15) is 0 Å². The van der Waals surface area contributed by atoms with Crippen molar-refractivity contribution in [3.05, 3.63) is 77.6 Å². The summed E-state index contributed by atoms with van der Waals surface area (Å²) in [7, 11) is 0. The molecule has 4 rings (SSSR count). The molecule has 2 aromatic carbocycles. The lowest BCUT2D eigenvalue weighted by Gasteiger charge is -2.25. The predicted octanol–water partition coefficient (Wildman–Crippen LogP) is 3.11. The van der Waals surface area contributed by atoms with E-state index < -0.39 is 5.54 Å². The molecule has 5 nitrogen and oxygen atoms in total. The highest BCUT2D eigenvalue weighted by Crippen LogP contribution is 2.31. The van der Waals surface area contributed by atoms with Gasteiger partial charge in [0.15, 0.2) is 0 Å². The van der Waals surface area contributed by atoms with Crippen LogP contribution in [-0.4, -0.2) is 21.7 Å². The number of fused-ring (bicyclic) bond motifs is 1. The second-order valence-electron chi connectivity index (χ2n) is 6.37. The van der Waals surface area contributed by atoms with Crippen molar-refractivity contribution in [1.82, 2.24) is 15.2 Å². The molecule has 26 heavy (non-hydrogen) atoms. The second-order valence-corrected chi connectivity index (χ2v) is 7.35. The summed E-state index contributed by atoms with van der Waals surface area (Å²) in [4.78, 5) is 4.15. The summed E-state index contributed by atoms with van der Waals surface area (Å²) in [5, 5.41) is 12.5. The molecule has 0 aliphatic carbocycles. The van der Waals surface area contributed by atoms with Crippen LogP contribution in [-0.2, 0) is 12.0 Å². The molecule has 0 saturated heterocycles. The Balaban J connectivity index is 1.67. The quantitative estimate of drug-likeness (QED) is 0.570. The van der Waals surface area contributed by atoms with Crippen LogP contribution in [0, 0.1) is 0 Å². The van der Waals surface area contributed by atoms with Crippen LogP contribution in [0.15, 0.2) is 67.0 Å². The van der Waals surface area contributed by atoms with Crippen molar-refractivity contribution in [2.75, 3.05) is 6.54 Å². The van der Waals surface area contributed by atoms with Crippen LogP contribution in [0.3, 0.4) is 0 Å². The van der Waals surface area contributed by atoms with Gasteiger partial charge in [0, 0.05) is 29.9 Å². The number of hydrogen-bond donors (Lipinski definition) is 2. The van der Waals surface area contributed by atoms with Crippen LogP contribution in [0.4, 0.5) is 0 Å². The van der Waals surface area contributed by atoms with E-state index in [9.17, 15) is 0 Å². The smallest absolute Gasteiger partial charge is 0.147 e. The van der Waals surface area contributed by atoms with E-state index in [-0.39, 0.29) is 0 Å². The lowest BCUT2D eigenvalue weighted by Crippen LogP contribution is -2.46. The van der Waals surface area contributed by atoms with E-state index in [2.05, 4.69) is 33.4 Å². The second kappa shape index (κ2) is 6.92. The molecule has 0 aliphatic rings. The zero-order valence-electron chi connectivity index (χ0n) is 14.2. The first kappa shape index (κ1) is 16.8. The van der Waals surface area contributed by atoms with Gasteiger partial charge in [0.1, 0.15) is 10.0 Å². The van der Waals surface area contributed by atoms with E-state index in [1.807, 2.05) is 42.6 Å².